The Morgan fingerprint density at radius 1 is 1.44 bits per heavy atom. The van der Waals surface area contributed by atoms with E-state index in [4.69, 9.17) is 11.2 Å². The summed E-state index contributed by atoms with van der Waals surface area (Å²) in [6.45, 7) is 5.20. The van der Waals surface area contributed by atoms with E-state index in [1.54, 1.807) is 0 Å². The van der Waals surface area contributed by atoms with Gasteiger partial charge in [0, 0.05) is 11.3 Å². The lowest BCUT2D eigenvalue weighted by Crippen LogP contribution is -2.12. The quantitative estimate of drug-likeness (QED) is 0.549. The van der Waals surface area contributed by atoms with Gasteiger partial charge in [0.1, 0.15) is 0 Å². The van der Waals surface area contributed by atoms with E-state index in [1.165, 1.54) is 0 Å². The Hall–Kier alpha value is 0.520. The van der Waals surface area contributed by atoms with Gasteiger partial charge in [0.05, 0.1) is 0 Å². The van der Waals surface area contributed by atoms with Crippen LogP contribution in [0.3, 0.4) is 0 Å². The van der Waals surface area contributed by atoms with Gasteiger partial charge in [0.15, 0.2) is 6.49 Å². The Labute approximate surface area is 61.9 Å². The van der Waals surface area contributed by atoms with Crippen LogP contribution >= 0.6 is 17.7 Å². The molecule has 0 aliphatic heterocycles. The molecule has 0 rings (SSSR count). The second-order valence-electron chi connectivity index (χ2n) is 3.14. The van der Waals surface area contributed by atoms with Crippen LogP contribution in [0.25, 0.3) is 0 Å². The lowest BCUT2D eigenvalue weighted by atomic mass is 10.3. The first-order valence-corrected chi connectivity index (χ1v) is 5.90. The Bertz CT molecular complexity index is 136. The molecular weight excluding hydrogens is 154 g/mol. The number of hydrogen-bond donors (Lipinski definition) is 0. The summed E-state index contributed by atoms with van der Waals surface area (Å²) in [7, 11) is 0. The second kappa shape index (κ2) is 2.64. The van der Waals surface area contributed by atoms with E-state index < -0.39 is 6.49 Å². The summed E-state index contributed by atoms with van der Waals surface area (Å²) < 4.78 is 11.4. The minimum atomic E-state index is -2.39. The van der Waals surface area contributed by atoms with Gasteiger partial charge in [-0.1, -0.05) is 38.9 Å². The zero-order valence-corrected chi connectivity index (χ0v) is 8.09. The summed E-state index contributed by atoms with van der Waals surface area (Å²) in [5, 5.41) is -0.233. The molecule has 3 heteroatoms. The molecule has 0 saturated heterocycles. The van der Waals surface area contributed by atoms with Crippen LogP contribution in [0.5, 0.6) is 0 Å². The third-order valence-corrected chi connectivity index (χ3v) is 6.46. The summed E-state index contributed by atoms with van der Waals surface area (Å²) in [5.41, 5.74) is 0. The maximum Gasteiger partial charge on any atom is 0.174 e. The molecule has 0 aromatic heterocycles. The van der Waals surface area contributed by atoms with Crippen LogP contribution in [-0.2, 0) is 4.57 Å². The summed E-state index contributed by atoms with van der Waals surface area (Å²) >= 11 is 5.75. The fraction of sp³-hybridized carbons (Fsp3) is 1.00. The molecule has 0 aromatic rings. The Kier molecular flexibility index (Phi) is 2.79. The molecule has 0 saturated carbocycles. The van der Waals surface area contributed by atoms with Crippen molar-refractivity contribution in [1.29, 1.82) is 0 Å². The molecule has 1 unspecified atom stereocenters. The molecule has 0 aliphatic carbocycles. The van der Waals surface area contributed by atoms with Gasteiger partial charge in [-0.2, -0.15) is 0 Å². The summed E-state index contributed by atoms with van der Waals surface area (Å²) in [5.74, 6) is 0. The average molecular weight is 169 g/mol. The Morgan fingerprint density at radius 2 is 1.78 bits per heavy atom. The highest BCUT2D eigenvalue weighted by Gasteiger charge is 2.31. The maximum absolute atomic E-state index is 11.4. The number of halogens is 1. The standard InChI is InChI=1S/C6H14ClOP/c1-5-9(7,8)6(2,3)4/h5H2,1-4H3. The van der Waals surface area contributed by atoms with Crippen molar-refractivity contribution in [2.24, 2.45) is 0 Å². The first-order chi connectivity index (χ1) is 3.81. The van der Waals surface area contributed by atoms with Gasteiger partial charge in [-0.15, -0.1) is 0 Å². The molecule has 0 N–H and O–H groups in total. The largest absolute Gasteiger partial charge is 0.306 e. The van der Waals surface area contributed by atoms with Gasteiger partial charge in [0.2, 0.25) is 0 Å². The zero-order chi connectivity index (χ0) is 7.71. The highest BCUT2D eigenvalue weighted by molar-refractivity contribution is 7.90. The van der Waals surface area contributed by atoms with Crippen molar-refractivity contribution < 1.29 is 4.57 Å². The lowest BCUT2D eigenvalue weighted by molar-refractivity contribution is 0.561. The highest BCUT2D eigenvalue weighted by Crippen LogP contribution is 2.61. The van der Waals surface area contributed by atoms with E-state index in [-0.39, 0.29) is 5.16 Å². The fourth-order valence-electron chi connectivity index (χ4n) is 0.474. The predicted octanol–water partition coefficient (Wildman–Crippen LogP) is 3.32. The van der Waals surface area contributed by atoms with Crippen LogP contribution in [0.15, 0.2) is 0 Å². The molecule has 1 nitrogen and oxygen atoms in total. The van der Waals surface area contributed by atoms with E-state index in [1.807, 2.05) is 27.7 Å². The number of rotatable bonds is 1. The van der Waals surface area contributed by atoms with E-state index in [0.29, 0.717) is 6.16 Å². The van der Waals surface area contributed by atoms with Crippen LogP contribution in [0.2, 0.25) is 0 Å². The Balaban J connectivity index is 4.35. The van der Waals surface area contributed by atoms with Gasteiger partial charge in [-0.05, 0) is 0 Å². The molecule has 9 heavy (non-hydrogen) atoms. The smallest absolute Gasteiger partial charge is 0.174 e. The molecular formula is C6H14ClOP. The van der Waals surface area contributed by atoms with Gasteiger partial charge >= 0.3 is 0 Å². The lowest BCUT2D eigenvalue weighted by Gasteiger charge is -2.23. The molecule has 0 aliphatic rings. The highest BCUT2D eigenvalue weighted by atomic mass is 35.7. The van der Waals surface area contributed by atoms with Crippen molar-refractivity contribution in [1.82, 2.24) is 0 Å². The molecule has 0 radical (unpaired) electrons. The normalized spacial score (nSPS) is 19.2. The molecule has 0 spiro atoms. The molecule has 56 valence electrons. The minimum absolute atomic E-state index is 0.233. The predicted molar refractivity (Wildman–Crippen MR) is 43.8 cm³/mol. The van der Waals surface area contributed by atoms with E-state index in [2.05, 4.69) is 0 Å². The van der Waals surface area contributed by atoms with Crippen LogP contribution in [-0.4, -0.2) is 11.3 Å². The van der Waals surface area contributed by atoms with Crippen molar-refractivity contribution >= 4 is 17.7 Å². The molecule has 0 heterocycles. The van der Waals surface area contributed by atoms with Gasteiger partial charge < -0.3 is 4.57 Å². The Morgan fingerprint density at radius 3 is 1.78 bits per heavy atom. The van der Waals surface area contributed by atoms with Crippen LogP contribution < -0.4 is 0 Å². The van der Waals surface area contributed by atoms with Gasteiger partial charge in [-0.3, -0.25) is 0 Å². The third kappa shape index (κ3) is 2.31. The summed E-state index contributed by atoms with van der Waals surface area (Å²) in [6.07, 6.45) is 0.581. The monoisotopic (exact) mass is 168 g/mol. The first kappa shape index (κ1) is 9.52. The average Bonchev–Trinajstić information content (AvgIpc) is 1.64. The molecule has 0 aromatic carbocycles. The fourth-order valence-corrected chi connectivity index (χ4v) is 1.42. The van der Waals surface area contributed by atoms with Gasteiger partial charge in [-0.25, -0.2) is 0 Å². The van der Waals surface area contributed by atoms with Crippen molar-refractivity contribution in [3.05, 3.63) is 0 Å². The van der Waals surface area contributed by atoms with E-state index >= 15 is 0 Å². The van der Waals surface area contributed by atoms with E-state index in [9.17, 15) is 4.57 Å². The number of hydrogen-bond acceptors (Lipinski definition) is 1. The van der Waals surface area contributed by atoms with Crippen molar-refractivity contribution in [2.75, 3.05) is 6.16 Å². The summed E-state index contributed by atoms with van der Waals surface area (Å²) in [6, 6.07) is 0. The summed E-state index contributed by atoms with van der Waals surface area (Å²) in [4.78, 5) is 0. The first-order valence-electron chi connectivity index (χ1n) is 3.10. The topological polar surface area (TPSA) is 17.1 Å². The van der Waals surface area contributed by atoms with Crippen LogP contribution in [0.4, 0.5) is 0 Å². The minimum Gasteiger partial charge on any atom is -0.306 e. The van der Waals surface area contributed by atoms with E-state index in [0.717, 1.165) is 0 Å². The van der Waals surface area contributed by atoms with Gasteiger partial charge in [0.25, 0.3) is 0 Å². The third-order valence-electron chi connectivity index (χ3n) is 1.41. The zero-order valence-electron chi connectivity index (χ0n) is 6.44. The SMILES string of the molecule is CCP(=O)(Cl)C(C)(C)C. The maximum atomic E-state index is 11.4. The second-order valence-corrected chi connectivity index (χ2v) is 8.05. The van der Waals surface area contributed by atoms with Crippen LogP contribution in [0, 0.1) is 0 Å². The molecule has 0 amide bonds. The van der Waals surface area contributed by atoms with Crippen molar-refractivity contribution in [2.45, 2.75) is 32.9 Å². The van der Waals surface area contributed by atoms with Crippen LogP contribution in [0.1, 0.15) is 27.7 Å². The molecule has 0 bridgehead atoms. The van der Waals surface area contributed by atoms with Crippen molar-refractivity contribution in [3.8, 4) is 0 Å². The molecule has 0 fully saturated rings. The molecule has 1 atom stereocenters. The van der Waals surface area contributed by atoms with Crippen molar-refractivity contribution in [3.63, 3.8) is 0 Å².